The van der Waals surface area contributed by atoms with E-state index in [1.54, 1.807) is 0 Å². The van der Waals surface area contributed by atoms with E-state index in [0.717, 1.165) is 38.5 Å². The monoisotopic (exact) mass is 320 g/mol. The van der Waals surface area contributed by atoms with Crippen molar-refractivity contribution in [2.24, 2.45) is 0 Å². The zero-order valence-electron chi connectivity index (χ0n) is 13.6. The van der Waals surface area contributed by atoms with Crippen molar-refractivity contribution in [3.05, 3.63) is 22.5 Å². The molecule has 0 unspecified atom stereocenters. The Labute approximate surface area is 134 Å². The number of esters is 1. The number of unbranched alkanes of at least 4 members (excludes halogenated alkanes) is 6. The van der Waals surface area contributed by atoms with Crippen molar-refractivity contribution in [2.75, 3.05) is 6.61 Å². The maximum Gasteiger partial charge on any atom is 0.302 e. The van der Waals surface area contributed by atoms with Gasteiger partial charge in [0.15, 0.2) is 11.2 Å². The minimum atomic E-state index is -0.204. The standard InChI is InChI=1S/C16H24N4O3/c1-12(21)23-10-8-6-4-2-3-5-7-9-13-19-15-14(16(22)20-13)17-11-18-15/h11H,2-10H2,1H3,(H2,17,18,19,20,22). The average molecular weight is 320 g/mol. The van der Waals surface area contributed by atoms with E-state index in [-0.39, 0.29) is 11.5 Å². The van der Waals surface area contributed by atoms with Crippen LogP contribution >= 0.6 is 0 Å². The lowest BCUT2D eigenvalue weighted by Crippen LogP contribution is -2.11. The van der Waals surface area contributed by atoms with Crippen LogP contribution in [-0.4, -0.2) is 32.5 Å². The molecule has 0 atom stereocenters. The van der Waals surface area contributed by atoms with E-state index in [4.69, 9.17) is 4.74 Å². The molecule has 0 aliphatic heterocycles. The SMILES string of the molecule is CC(=O)OCCCCCCCCCc1nc2nc[nH]c2c(=O)[nH]1. The average Bonchev–Trinajstić information content (AvgIpc) is 2.98. The van der Waals surface area contributed by atoms with Gasteiger partial charge in [-0.15, -0.1) is 0 Å². The highest BCUT2D eigenvalue weighted by Crippen LogP contribution is 2.09. The van der Waals surface area contributed by atoms with Crippen LogP contribution in [0.5, 0.6) is 0 Å². The van der Waals surface area contributed by atoms with E-state index in [9.17, 15) is 9.59 Å². The van der Waals surface area contributed by atoms with E-state index in [1.807, 2.05) is 0 Å². The van der Waals surface area contributed by atoms with Gasteiger partial charge in [-0.25, -0.2) is 9.97 Å². The number of nitrogens with zero attached hydrogens (tertiary/aromatic N) is 2. The van der Waals surface area contributed by atoms with Crippen LogP contribution in [0.4, 0.5) is 0 Å². The highest BCUT2D eigenvalue weighted by molar-refractivity contribution is 5.67. The predicted molar refractivity (Wildman–Crippen MR) is 87.2 cm³/mol. The van der Waals surface area contributed by atoms with Crippen LogP contribution < -0.4 is 5.56 Å². The summed E-state index contributed by atoms with van der Waals surface area (Å²) in [6, 6.07) is 0. The van der Waals surface area contributed by atoms with Crippen molar-refractivity contribution in [1.82, 2.24) is 19.9 Å². The van der Waals surface area contributed by atoms with Gasteiger partial charge in [-0.3, -0.25) is 9.59 Å². The molecule has 7 nitrogen and oxygen atoms in total. The molecular weight excluding hydrogens is 296 g/mol. The number of aryl methyl sites for hydroxylation is 1. The van der Waals surface area contributed by atoms with Crippen molar-refractivity contribution in [3.63, 3.8) is 0 Å². The number of imidazole rings is 1. The smallest absolute Gasteiger partial charge is 0.302 e. The van der Waals surface area contributed by atoms with Gasteiger partial charge in [-0.05, 0) is 12.8 Å². The van der Waals surface area contributed by atoms with Crippen molar-refractivity contribution in [3.8, 4) is 0 Å². The van der Waals surface area contributed by atoms with Gasteiger partial charge in [0.25, 0.3) is 5.56 Å². The summed E-state index contributed by atoms with van der Waals surface area (Å²) >= 11 is 0. The Hall–Kier alpha value is -2.18. The first-order chi connectivity index (χ1) is 11.2. The molecule has 0 fully saturated rings. The number of aromatic amines is 2. The van der Waals surface area contributed by atoms with Gasteiger partial charge in [-0.2, -0.15) is 0 Å². The summed E-state index contributed by atoms with van der Waals surface area (Å²) < 4.78 is 4.89. The van der Waals surface area contributed by atoms with Gasteiger partial charge >= 0.3 is 5.97 Å². The van der Waals surface area contributed by atoms with Crippen molar-refractivity contribution < 1.29 is 9.53 Å². The molecule has 126 valence electrons. The van der Waals surface area contributed by atoms with Crippen molar-refractivity contribution in [1.29, 1.82) is 0 Å². The summed E-state index contributed by atoms with van der Waals surface area (Å²) in [4.78, 5) is 36.3. The first-order valence-corrected chi connectivity index (χ1v) is 8.22. The zero-order valence-corrected chi connectivity index (χ0v) is 13.6. The van der Waals surface area contributed by atoms with Crippen LogP contribution in [0, 0.1) is 0 Å². The lowest BCUT2D eigenvalue weighted by atomic mass is 10.1. The number of rotatable bonds is 10. The second-order valence-electron chi connectivity index (χ2n) is 5.68. The molecule has 0 aliphatic carbocycles. The van der Waals surface area contributed by atoms with E-state index >= 15 is 0 Å². The van der Waals surface area contributed by atoms with Crippen LogP contribution in [0.1, 0.15) is 57.7 Å². The second-order valence-corrected chi connectivity index (χ2v) is 5.68. The third-order valence-corrected chi connectivity index (χ3v) is 3.71. The lowest BCUT2D eigenvalue weighted by molar-refractivity contribution is -0.141. The summed E-state index contributed by atoms with van der Waals surface area (Å²) in [5.41, 5.74) is 0.759. The van der Waals surface area contributed by atoms with E-state index in [1.165, 1.54) is 26.1 Å². The minimum absolute atomic E-state index is 0.157. The van der Waals surface area contributed by atoms with Crippen LogP contribution in [0.3, 0.4) is 0 Å². The van der Waals surface area contributed by atoms with Gasteiger partial charge in [0.05, 0.1) is 12.9 Å². The number of fused-ring (bicyclic) bond motifs is 1. The zero-order chi connectivity index (χ0) is 16.5. The van der Waals surface area contributed by atoms with Crippen molar-refractivity contribution in [2.45, 2.75) is 58.3 Å². The van der Waals surface area contributed by atoms with E-state index in [0.29, 0.717) is 23.6 Å². The molecule has 0 aliphatic rings. The van der Waals surface area contributed by atoms with Gasteiger partial charge < -0.3 is 14.7 Å². The number of carbonyl (C=O) groups excluding carboxylic acids is 1. The van der Waals surface area contributed by atoms with Gasteiger partial charge in [-0.1, -0.05) is 32.1 Å². The molecule has 0 aromatic carbocycles. The maximum absolute atomic E-state index is 11.8. The Bertz CT molecular complexity index is 677. The minimum Gasteiger partial charge on any atom is -0.466 e. The number of aromatic nitrogens is 4. The van der Waals surface area contributed by atoms with E-state index in [2.05, 4.69) is 19.9 Å². The quantitative estimate of drug-likeness (QED) is 0.517. The van der Waals surface area contributed by atoms with Gasteiger partial charge in [0.1, 0.15) is 5.82 Å². The highest BCUT2D eigenvalue weighted by Gasteiger charge is 2.05. The molecule has 2 N–H and O–H groups in total. The molecule has 0 radical (unpaired) electrons. The fourth-order valence-corrected chi connectivity index (χ4v) is 2.50. The first kappa shape index (κ1) is 17.2. The summed E-state index contributed by atoms with van der Waals surface area (Å²) in [5.74, 6) is 0.501. The molecule has 2 rings (SSSR count). The molecule has 0 amide bonds. The topological polar surface area (TPSA) is 101 Å². The summed E-state index contributed by atoms with van der Waals surface area (Å²) in [7, 11) is 0. The van der Waals surface area contributed by atoms with E-state index < -0.39 is 0 Å². The van der Waals surface area contributed by atoms with Crippen LogP contribution in [0.25, 0.3) is 11.2 Å². The van der Waals surface area contributed by atoms with Gasteiger partial charge in [0.2, 0.25) is 0 Å². The molecule has 2 heterocycles. The number of nitrogens with one attached hydrogen (secondary N) is 2. The number of carbonyl (C=O) groups is 1. The number of H-pyrrole nitrogens is 2. The Morgan fingerprint density at radius 3 is 2.57 bits per heavy atom. The Morgan fingerprint density at radius 1 is 1.13 bits per heavy atom. The summed E-state index contributed by atoms with van der Waals surface area (Å²) in [6.07, 6.45) is 9.92. The Balaban J connectivity index is 1.55. The molecular formula is C16H24N4O3. The van der Waals surface area contributed by atoms with Gasteiger partial charge in [0, 0.05) is 13.3 Å². The van der Waals surface area contributed by atoms with Crippen LogP contribution in [-0.2, 0) is 16.0 Å². The molecule has 0 saturated carbocycles. The molecule has 0 bridgehead atoms. The first-order valence-electron chi connectivity index (χ1n) is 8.22. The molecule has 0 spiro atoms. The lowest BCUT2D eigenvalue weighted by Gasteiger charge is -2.03. The fraction of sp³-hybridized carbons (Fsp3) is 0.625. The second kappa shape index (κ2) is 9.07. The molecule has 7 heteroatoms. The summed E-state index contributed by atoms with van der Waals surface area (Å²) in [5, 5.41) is 0. The fourth-order valence-electron chi connectivity index (χ4n) is 2.50. The number of ether oxygens (including phenoxy) is 1. The van der Waals surface area contributed by atoms with Crippen LogP contribution in [0.15, 0.2) is 11.1 Å². The number of hydrogen-bond donors (Lipinski definition) is 2. The largest absolute Gasteiger partial charge is 0.466 e. The number of hydrogen-bond acceptors (Lipinski definition) is 5. The van der Waals surface area contributed by atoms with Crippen LogP contribution in [0.2, 0.25) is 0 Å². The highest BCUT2D eigenvalue weighted by atomic mass is 16.5. The molecule has 0 saturated heterocycles. The Morgan fingerprint density at radius 2 is 1.83 bits per heavy atom. The normalized spacial score (nSPS) is 11.0. The Kier molecular flexibility index (Phi) is 6.77. The molecule has 2 aromatic heterocycles. The maximum atomic E-state index is 11.8. The molecule has 23 heavy (non-hydrogen) atoms. The van der Waals surface area contributed by atoms with Crippen molar-refractivity contribution >= 4 is 17.1 Å². The third-order valence-electron chi connectivity index (χ3n) is 3.71. The predicted octanol–water partition coefficient (Wildman–Crippen LogP) is 2.48. The third kappa shape index (κ3) is 5.84. The summed E-state index contributed by atoms with van der Waals surface area (Å²) in [6.45, 7) is 1.97. The molecule has 2 aromatic rings.